The summed E-state index contributed by atoms with van der Waals surface area (Å²) in [7, 11) is 0. The van der Waals surface area contributed by atoms with E-state index in [1.54, 1.807) is 18.2 Å². The van der Waals surface area contributed by atoms with E-state index < -0.39 is 5.82 Å². The minimum Gasteiger partial charge on any atom is -0.454 e. The maximum atomic E-state index is 13.2. The first-order chi connectivity index (χ1) is 14.9. The molecule has 2 aliphatic heterocycles. The predicted molar refractivity (Wildman–Crippen MR) is 122 cm³/mol. The molecule has 2 heterocycles. The van der Waals surface area contributed by atoms with Crippen molar-refractivity contribution in [2.24, 2.45) is 0 Å². The van der Waals surface area contributed by atoms with E-state index in [9.17, 15) is 14.0 Å². The van der Waals surface area contributed by atoms with Gasteiger partial charge in [-0.15, -0.1) is 0 Å². The molecular weight excluding hydrogens is 463 g/mol. The molecule has 0 unspecified atom stereocenters. The molecule has 0 radical (unpaired) electrons. The maximum Gasteiger partial charge on any atom is 0.266 e. The molecule has 0 atom stereocenters. The van der Waals surface area contributed by atoms with E-state index >= 15 is 0 Å². The number of amides is 2. The molecule has 1 N–H and O–H groups in total. The van der Waals surface area contributed by atoms with Crippen molar-refractivity contribution >= 4 is 63.5 Å². The van der Waals surface area contributed by atoms with Gasteiger partial charge in [-0.3, -0.25) is 14.5 Å². The Bertz CT molecular complexity index is 1110. The second-order valence-electron chi connectivity index (χ2n) is 6.73. The molecule has 2 aromatic carbocycles. The summed E-state index contributed by atoms with van der Waals surface area (Å²) in [6.07, 6.45) is 2.35. The number of fused-ring (bicyclic) bond motifs is 1. The van der Waals surface area contributed by atoms with Crippen LogP contribution in [0.25, 0.3) is 6.08 Å². The van der Waals surface area contributed by atoms with E-state index in [2.05, 4.69) is 5.32 Å². The Balaban J connectivity index is 1.32. The summed E-state index contributed by atoms with van der Waals surface area (Å²) in [6, 6.07) is 9.40. The summed E-state index contributed by atoms with van der Waals surface area (Å²) in [4.78, 5) is 26.8. The van der Waals surface area contributed by atoms with Gasteiger partial charge in [0.25, 0.3) is 5.91 Å². The number of hydrogen-bond donors (Lipinski definition) is 1. The zero-order valence-corrected chi connectivity index (χ0v) is 18.4. The molecule has 0 spiro atoms. The Morgan fingerprint density at radius 3 is 2.87 bits per heavy atom. The first-order valence-corrected chi connectivity index (χ1v) is 10.9. The third kappa shape index (κ3) is 5.00. The highest BCUT2D eigenvalue weighted by Crippen LogP contribution is 2.36. The molecule has 10 heteroatoms. The van der Waals surface area contributed by atoms with Crippen molar-refractivity contribution in [3.63, 3.8) is 0 Å². The van der Waals surface area contributed by atoms with Crippen LogP contribution in [0.2, 0.25) is 5.02 Å². The molecule has 2 aliphatic rings. The second-order valence-corrected chi connectivity index (χ2v) is 8.81. The van der Waals surface area contributed by atoms with Gasteiger partial charge in [-0.1, -0.05) is 41.6 Å². The van der Waals surface area contributed by atoms with Crippen LogP contribution in [-0.4, -0.2) is 34.4 Å². The van der Waals surface area contributed by atoms with Gasteiger partial charge in [-0.05, 0) is 48.4 Å². The Hall–Kier alpha value is -2.62. The van der Waals surface area contributed by atoms with Crippen molar-refractivity contribution in [1.29, 1.82) is 0 Å². The van der Waals surface area contributed by atoms with Gasteiger partial charge in [0.15, 0.2) is 11.5 Å². The summed E-state index contributed by atoms with van der Waals surface area (Å²) < 4.78 is 24.3. The van der Waals surface area contributed by atoms with Crippen LogP contribution in [0.15, 0.2) is 41.3 Å². The predicted octanol–water partition coefficient (Wildman–Crippen LogP) is 4.83. The monoisotopic (exact) mass is 478 g/mol. The lowest BCUT2D eigenvalue weighted by Gasteiger charge is -2.14. The van der Waals surface area contributed by atoms with E-state index in [-0.39, 0.29) is 30.1 Å². The molecule has 0 bridgehead atoms. The van der Waals surface area contributed by atoms with Crippen molar-refractivity contribution in [2.75, 3.05) is 18.7 Å². The highest BCUT2D eigenvalue weighted by Gasteiger charge is 2.31. The molecule has 0 aromatic heterocycles. The van der Waals surface area contributed by atoms with Crippen LogP contribution < -0.4 is 14.8 Å². The Morgan fingerprint density at radius 2 is 2.06 bits per heavy atom. The molecule has 6 nitrogen and oxygen atoms in total. The fraction of sp³-hybridized carbons (Fsp3) is 0.190. The van der Waals surface area contributed by atoms with Crippen LogP contribution in [0.3, 0.4) is 0 Å². The SMILES string of the molecule is O=C(CCCN1C(=O)/C(=C/c2ccc3c(c2)OCO3)SC1=S)Nc1ccc(F)c(Cl)c1. The minimum atomic E-state index is -0.553. The van der Waals surface area contributed by atoms with Gasteiger partial charge in [0.2, 0.25) is 12.7 Å². The molecule has 0 aliphatic carbocycles. The zero-order valence-electron chi connectivity index (χ0n) is 16.0. The van der Waals surface area contributed by atoms with Crippen molar-refractivity contribution < 1.29 is 23.5 Å². The highest BCUT2D eigenvalue weighted by molar-refractivity contribution is 8.26. The van der Waals surface area contributed by atoms with Crippen LogP contribution in [0.1, 0.15) is 18.4 Å². The van der Waals surface area contributed by atoms with Crippen molar-refractivity contribution in [3.05, 3.63) is 57.7 Å². The van der Waals surface area contributed by atoms with Crippen LogP contribution in [0.4, 0.5) is 10.1 Å². The van der Waals surface area contributed by atoms with E-state index in [4.69, 9.17) is 33.3 Å². The quantitative estimate of drug-likeness (QED) is 0.474. The van der Waals surface area contributed by atoms with Gasteiger partial charge in [-0.2, -0.15) is 0 Å². The number of carbonyl (C=O) groups excluding carboxylic acids is 2. The number of thiocarbonyl (C=S) groups is 1. The Labute approximate surface area is 192 Å². The molecule has 31 heavy (non-hydrogen) atoms. The Kier molecular flexibility index (Phi) is 6.45. The first kappa shape index (κ1) is 21.6. The number of carbonyl (C=O) groups is 2. The summed E-state index contributed by atoms with van der Waals surface area (Å²) in [5, 5.41) is 2.59. The fourth-order valence-electron chi connectivity index (χ4n) is 3.04. The van der Waals surface area contributed by atoms with Gasteiger partial charge in [0, 0.05) is 18.7 Å². The lowest BCUT2D eigenvalue weighted by Crippen LogP contribution is -2.29. The topological polar surface area (TPSA) is 67.9 Å². The average molecular weight is 479 g/mol. The molecule has 4 rings (SSSR count). The Morgan fingerprint density at radius 1 is 1.26 bits per heavy atom. The number of rotatable bonds is 6. The largest absolute Gasteiger partial charge is 0.454 e. The second kappa shape index (κ2) is 9.25. The smallest absolute Gasteiger partial charge is 0.266 e. The number of benzene rings is 2. The van der Waals surface area contributed by atoms with Gasteiger partial charge >= 0.3 is 0 Å². The fourth-order valence-corrected chi connectivity index (χ4v) is 4.53. The summed E-state index contributed by atoms with van der Waals surface area (Å²) in [5.41, 5.74) is 1.22. The first-order valence-electron chi connectivity index (χ1n) is 9.30. The van der Waals surface area contributed by atoms with Gasteiger partial charge in [0.05, 0.1) is 9.93 Å². The minimum absolute atomic E-state index is 0.0652. The lowest BCUT2D eigenvalue weighted by atomic mass is 10.2. The lowest BCUT2D eigenvalue weighted by molar-refractivity contribution is -0.122. The third-order valence-electron chi connectivity index (χ3n) is 4.56. The van der Waals surface area contributed by atoms with Crippen LogP contribution in [0, 0.1) is 5.82 Å². The van der Waals surface area contributed by atoms with E-state index in [1.165, 1.54) is 34.9 Å². The van der Waals surface area contributed by atoms with Crippen molar-refractivity contribution in [2.45, 2.75) is 12.8 Å². The number of hydrogen-bond acceptors (Lipinski definition) is 6. The van der Waals surface area contributed by atoms with Crippen molar-refractivity contribution in [3.8, 4) is 11.5 Å². The third-order valence-corrected chi connectivity index (χ3v) is 6.22. The molecule has 1 saturated heterocycles. The molecule has 2 aromatic rings. The van der Waals surface area contributed by atoms with Gasteiger partial charge in [0.1, 0.15) is 10.1 Å². The van der Waals surface area contributed by atoms with Crippen LogP contribution >= 0.6 is 35.6 Å². The average Bonchev–Trinajstić information content (AvgIpc) is 3.30. The maximum absolute atomic E-state index is 13.2. The number of nitrogens with one attached hydrogen (secondary N) is 1. The molecule has 2 amide bonds. The normalized spacial score (nSPS) is 16.3. The van der Waals surface area contributed by atoms with Gasteiger partial charge < -0.3 is 14.8 Å². The number of halogens is 2. The molecule has 160 valence electrons. The summed E-state index contributed by atoms with van der Waals surface area (Å²) >= 11 is 12.3. The summed E-state index contributed by atoms with van der Waals surface area (Å²) in [5.74, 6) is 0.300. The van der Waals surface area contributed by atoms with Crippen LogP contribution in [0.5, 0.6) is 11.5 Å². The number of anilines is 1. The standard InChI is InChI=1S/C21H16ClFN2O4S2/c22-14-10-13(4-5-15(14)23)24-19(26)2-1-7-25-20(27)18(31-21(25)30)9-12-3-6-16-17(8-12)29-11-28-16/h3-6,8-10H,1-2,7,11H2,(H,24,26)/b18-9-. The highest BCUT2D eigenvalue weighted by atomic mass is 35.5. The zero-order chi connectivity index (χ0) is 22.0. The molecule has 1 fully saturated rings. The van der Waals surface area contributed by atoms with E-state index in [1.807, 2.05) is 6.07 Å². The number of thioether (sulfide) groups is 1. The van der Waals surface area contributed by atoms with Crippen LogP contribution in [-0.2, 0) is 9.59 Å². The molecular formula is C21H16ClFN2O4S2. The molecule has 0 saturated carbocycles. The van der Waals surface area contributed by atoms with E-state index in [0.717, 1.165) is 5.56 Å². The number of ether oxygens (including phenoxy) is 2. The summed E-state index contributed by atoms with van der Waals surface area (Å²) in [6.45, 7) is 0.503. The van der Waals surface area contributed by atoms with Gasteiger partial charge in [-0.25, -0.2) is 4.39 Å². The number of nitrogens with zero attached hydrogens (tertiary/aromatic N) is 1. The van der Waals surface area contributed by atoms with Crippen molar-refractivity contribution in [1.82, 2.24) is 4.90 Å². The van der Waals surface area contributed by atoms with E-state index in [0.29, 0.717) is 39.4 Å².